The second-order valence-electron chi connectivity index (χ2n) is 6.29. The third-order valence-corrected chi connectivity index (χ3v) is 3.08. The standard InChI is InChI=1S/C52H2/c1-3-5-7-9-11-13-15-17-19-21-23-25-27-29-31-33-35-37-39-41-43-45-47-49-51-52-50-48-46-44-42-40-38-36-34-32-30-28-26-24-22-20-18-16-14-12-10-8-6-4-2/h1-2H. The summed E-state index contributed by atoms with van der Waals surface area (Å²) in [4.78, 5) is 0. The molecule has 0 bridgehead atoms. The molecule has 0 aromatic carbocycles. The fourth-order valence-corrected chi connectivity index (χ4v) is 1.51. The SMILES string of the molecule is C#CC#CC#CC#CC#CC#CC#CC#CC#CC#CC#CC#CC#CC#CC#CC#CC#CC#CC#CC#CC#CC#CC#CC#CC#CC#C. The highest BCUT2D eigenvalue weighted by atomic mass is 13.6. The molecule has 0 N–H and O–H groups in total. The Bertz CT molecular complexity index is 2980. The van der Waals surface area contributed by atoms with Crippen molar-refractivity contribution in [3.8, 4) is 309 Å². The topological polar surface area (TPSA) is 0 Å². The van der Waals surface area contributed by atoms with Crippen LogP contribution in [0, 0.1) is 309 Å². The highest BCUT2D eigenvalue weighted by Crippen LogP contribution is 1.62. The van der Waals surface area contributed by atoms with Crippen molar-refractivity contribution < 1.29 is 0 Å². The quantitative estimate of drug-likeness (QED) is 0.341. The van der Waals surface area contributed by atoms with Crippen molar-refractivity contribution in [2.24, 2.45) is 0 Å². The van der Waals surface area contributed by atoms with Gasteiger partial charge >= 0.3 is 0 Å². The number of rotatable bonds is 0. The summed E-state index contributed by atoms with van der Waals surface area (Å²) in [6.07, 6.45) is 9.88. The van der Waals surface area contributed by atoms with Gasteiger partial charge in [0.05, 0.1) is 0 Å². The molecule has 0 aromatic rings. The van der Waals surface area contributed by atoms with E-state index >= 15 is 0 Å². The van der Waals surface area contributed by atoms with Gasteiger partial charge in [-0.05, 0) is 94.7 Å². The van der Waals surface area contributed by atoms with Gasteiger partial charge in [-0.3, -0.25) is 0 Å². The second-order valence-corrected chi connectivity index (χ2v) is 6.29. The predicted molar refractivity (Wildman–Crippen MR) is 204 cm³/mol. The summed E-state index contributed by atoms with van der Waals surface area (Å²) in [5.74, 6) is 123. The van der Waals surface area contributed by atoms with Crippen molar-refractivity contribution in [1.29, 1.82) is 0 Å². The van der Waals surface area contributed by atoms with E-state index in [0.29, 0.717) is 0 Å². The van der Waals surface area contributed by atoms with Crippen LogP contribution in [0.15, 0.2) is 0 Å². The van der Waals surface area contributed by atoms with Gasteiger partial charge in [-0.15, -0.1) is 12.8 Å². The minimum Gasteiger partial charge on any atom is -0.106 e. The molecule has 0 nitrogen and oxygen atoms in total. The molecule has 52 heavy (non-hydrogen) atoms. The van der Waals surface area contributed by atoms with Crippen molar-refractivity contribution in [2.45, 2.75) is 0 Å². The number of terminal acetylenes is 2. The average Bonchev–Trinajstić information content (AvgIpc) is 3.16. The third-order valence-electron chi connectivity index (χ3n) is 3.08. The Balaban J connectivity index is 4.57. The van der Waals surface area contributed by atoms with E-state index < -0.39 is 0 Å². The molecular weight excluding hydrogens is 625 g/mol. The van der Waals surface area contributed by atoms with Gasteiger partial charge in [0.25, 0.3) is 0 Å². The molecule has 0 rings (SSSR count). The molecule has 0 saturated heterocycles. The van der Waals surface area contributed by atoms with Crippen molar-refractivity contribution in [3.05, 3.63) is 0 Å². The summed E-state index contributed by atoms with van der Waals surface area (Å²) < 4.78 is 0. The van der Waals surface area contributed by atoms with Gasteiger partial charge in [0.2, 0.25) is 0 Å². The van der Waals surface area contributed by atoms with Gasteiger partial charge < -0.3 is 0 Å². The Morgan fingerprint density at radius 2 is 0.154 bits per heavy atom. The van der Waals surface area contributed by atoms with Crippen LogP contribution >= 0.6 is 0 Å². The summed E-state index contributed by atoms with van der Waals surface area (Å²) in [7, 11) is 0. The van der Waals surface area contributed by atoms with Gasteiger partial charge in [-0.25, -0.2) is 0 Å². The second kappa shape index (κ2) is 39.6. The number of hydrogen-bond acceptors (Lipinski definition) is 0. The van der Waals surface area contributed by atoms with Crippen LogP contribution in [0.2, 0.25) is 0 Å². The zero-order chi connectivity index (χ0) is 37.4. The number of hydrogen-bond donors (Lipinski definition) is 0. The Morgan fingerprint density at radius 1 is 0.0962 bits per heavy atom. The minimum absolute atomic E-state index is 2.12. The monoisotopic (exact) mass is 626 g/mol. The molecule has 0 heteroatoms. The van der Waals surface area contributed by atoms with E-state index in [1.165, 1.54) is 0 Å². The predicted octanol–water partition coefficient (Wildman–Crippen LogP) is 0.334. The van der Waals surface area contributed by atoms with Crippen molar-refractivity contribution in [1.82, 2.24) is 0 Å². The van der Waals surface area contributed by atoms with E-state index in [1.807, 2.05) is 0 Å². The van der Waals surface area contributed by atoms with Gasteiger partial charge in [0.15, 0.2) is 0 Å². The Labute approximate surface area is 307 Å². The third kappa shape index (κ3) is 38.6. The molecule has 0 aliphatic heterocycles. The lowest BCUT2D eigenvalue weighted by Crippen LogP contribution is -1.57. The molecule has 0 aliphatic carbocycles. The van der Waals surface area contributed by atoms with E-state index in [9.17, 15) is 0 Å². The summed E-state index contributed by atoms with van der Waals surface area (Å²) in [5.41, 5.74) is 0. The van der Waals surface area contributed by atoms with Crippen LogP contribution in [0.5, 0.6) is 0 Å². The van der Waals surface area contributed by atoms with Gasteiger partial charge in [-0.1, -0.05) is 0 Å². The normalized spacial score (nSPS) is 3.88. The van der Waals surface area contributed by atoms with Crippen LogP contribution in [0.1, 0.15) is 0 Å². The molecule has 210 valence electrons. The van der Waals surface area contributed by atoms with Crippen LogP contribution in [-0.2, 0) is 0 Å². The first kappa shape index (κ1) is 40.6. The molecule has 0 atom stereocenters. The van der Waals surface area contributed by atoms with Crippen molar-refractivity contribution >= 4 is 0 Å². The summed E-state index contributed by atoms with van der Waals surface area (Å²) in [6, 6.07) is 0. The molecule has 0 aliphatic rings. The molecule has 0 fully saturated rings. The fourth-order valence-electron chi connectivity index (χ4n) is 1.51. The highest BCUT2D eigenvalue weighted by Gasteiger charge is 1.62. The zero-order valence-electron chi connectivity index (χ0n) is 26.2. The summed E-state index contributed by atoms with van der Waals surface area (Å²) in [6.45, 7) is 0. The van der Waals surface area contributed by atoms with Crippen LogP contribution in [-0.4, -0.2) is 0 Å². The van der Waals surface area contributed by atoms with E-state index in [1.54, 1.807) is 0 Å². The van der Waals surface area contributed by atoms with E-state index in [2.05, 4.69) is 296 Å². The van der Waals surface area contributed by atoms with Gasteiger partial charge in [0, 0.05) is 201 Å². The van der Waals surface area contributed by atoms with Crippen molar-refractivity contribution in [3.63, 3.8) is 0 Å². The maximum absolute atomic E-state index is 4.94. The first-order chi connectivity index (χ1) is 25.9. The molecule has 0 unspecified atom stereocenters. The summed E-state index contributed by atoms with van der Waals surface area (Å²) in [5, 5.41) is 0. The maximum atomic E-state index is 4.94. The van der Waals surface area contributed by atoms with Crippen LogP contribution < -0.4 is 0 Å². The zero-order valence-corrected chi connectivity index (χ0v) is 26.2. The molecule has 0 heterocycles. The average molecular weight is 627 g/mol. The molecule has 0 amide bonds. The first-order valence-corrected chi connectivity index (χ1v) is 12.8. The lowest BCUT2D eigenvalue weighted by atomic mass is 10.4. The lowest BCUT2D eigenvalue weighted by Gasteiger charge is -1.57. The fraction of sp³-hybridized carbons (Fsp3) is 0. The van der Waals surface area contributed by atoms with E-state index in [-0.39, 0.29) is 0 Å². The molecule has 0 aromatic heterocycles. The van der Waals surface area contributed by atoms with Crippen molar-refractivity contribution in [2.75, 3.05) is 0 Å². The van der Waals surface area contributed by atoms with Crippen LogP contribution in [0.4, 0.5) is 0 Å². The smallest absolute Gasteiger partial charge is 0 e. The van der Waals surface area contributed by atoms with Crippen LogP contribution in [0.3, 0.4) is 0 Å². The van der Waals surface area contributed by atoms with Gasteiger partial charge in [0.1, 0.15) is 0 Å². The highest BCUT2D eigenvalue weighted by molar-refractivity contribution is 5.51. The molecular formula is C52H2. The summed E-state index contributed by atoms with van der Waals surface area (Å²) >= 11 is 0. The van der Waals surface area contributed by atoms with Crippen LogP contribution in [0.25, 0.3) is 0 Å². The molecule has 0 saturated carbocycles. The molecule has 0 radical (unpaired) electrons. The molecule has 0 spiro atoms. The Morgan fingerprint density at radius 3 is 0.212 bits per heavy atom. The Hall–Kier alpha value is -11.4. The first-order valence-electron chi connectivity index (χ1n) is 12.8. The Kier molecular flexibility index (Phi) is 30.9. The minimum atomic E-state index is 2.12. The maximum Gasteiger partial charge on any atom is 0 e. The largest absolute Gasteiger partial charge is 0.106 e. The van der Waals surface area contributed by atoms with Gasteiger partial charge in [-0.2, -0.15) is 0 Å². The van der Waals surface area contributed by atoms with E-state index in [0.717, 1.165) is 0 Å². The lowest BCUT2D eigenvalue weighted by molar-refractivity contribution is 2.31. The van der Waals surface area contributed by atoms with E-state index in [4.69, 9.17) is 12.8 Å².